The molecule has 4 nitrogen and oxygen atoms in total. The van der Waals surface area contributed by atoms with Gasteiger partial charge in [0.1, 0.15) is 6.10 Å². The molecule has 0 aromatic carbocycles. The van der Waals surface area contributed by atoms with E-state index in [0.717, 1.165) is 0 Å². The highest BCUT2D eigenvalue weighted by atomic mass is 16.3. The minimum Gasteiger partial charge on any atom is -0.395 e. The van der Waals surface area contributed by atoms with Crippen LogP contribution in [-0.4, -0.2) is 27.8 Å². The molecule has 0 aliphatic heterocycles. The second-order valence-electron chi connectivity index (χ2n) is 2.55. The zero-order valence-electron chi connectivity index (χ0n) is 6.59. The van der Waals surface area contributed by atoms with Gasteiger partial charge in [-0.2, -0.15) is 0 Å². The van der Waals surface area contributed by atoms with Crippen LogP contribution in [0.1, 0.15) is 11.8 Å². The van der Waals surface area contributed by atoms with Crippen LogP contribution in [0, 0.1) is 0 Å². The molecule has 0 aliphatic carbocycles. The molecule has 0 bridgehead atoms. The van der Waals surface area contributed by atoms with E-state index in [1.807, 2.05) is 0 Å². The molecule has 0 saturated carbocycles. The van der Waals surface area contributed by atoms with Crippen molar-refractivity contribution in [2.75, 3.05) is 6.61 Å². The minimum absolute atomic E-state index is 0.252. The second-order valence-corrected chi connectivity index (χ2v) is 2.55. The van der Waals surface area contributed by atoms with Crippen molar-refractivity contribution in [2.24, 2.45) is 5.73 Å². The van der Waals surface area contributed by atoms with Gasteiger partial charge in [0.2, 0.25) is 0 Å². The van der Waals surface area contributed by atoms with E-state index in [1.54, 1.807) is 24.4 Å². The van der Waals surface area contributed by atoms with Crippen molar-refractivity contribution in [3.05, 3.63) is 30.1 Å². The van der Waals surface area contributed by atoms with Crippen LogP contribution >= 0.6 is 0 Å². The Morgan fingerprint density at radius 3 is 2.75 bits per heavy atom. The Labute approximate surface area is 70.7 Å². The van der Waals surface area contributed by atoms with Crippen molar-refractivity contribution in [3.8, 4) is 0 Å². The number of aliphatic hydroxyl groups excluding tert-OH is 2. The molecule has 1 rings (SSSR count). The largest absolute Gasteiger partial charge is 0.395 e. The van der Waals surface area contributed by atoms with Crippen LogP contribution < -0.4 is 5.73 Å². The summed E-state index contributed by atoms with van der Waals surface area (Å²) in [5.41, 5.74) is 5.89. The maximum absolute atomic E-state index is 9.44. The summed E-state index contributed by atoms with van der Waals surface area (Å²) in [4.78, 5) is 3.91. The summed E-state index contributed by atoms with van der Waals surface area (Å²) in [6.45, 7) is -0.252. The van der Waals surface area contributed by atoms with Crippen molar-refractivity contribution in [1.29, 1.82) is 0 Å². The normalized spacial score (nSPS) is 15.6. The van der Waals surface area contributed by atoms with Gasteiger partial charge in [-0.15, -0.1) is 0 Å². The van der Waals surface area contributed by atoms with Gasteiger partial charge in [0.25, 0.3) is 0 Å². The monoisotopic (exact) mass is 168 g/mol. The maximum atomic E-state index is 9.44. The zero-order chi connectivity index (χ0) is 8.97. The first kappa shape index (κ1) is 9.12. The lowest BCUT2D eigenvalue weighted by Crippen LogP contribution is -2.32. The summed E-state index contributed by atoms with van der Waals surface area (Å²) in [6, 6.07) is 4.51. The predicted molar refractivity (Wildman–Crippen MR) is 44.3 cm³/mol. The third-order valence-electron chi connectivity index (χ3n) is 1.61. The van der Waals surface area contributed by atoms with Crippen LogP contribution in [0.15, 0.2) is 24.4 Å². The lowest BCUT2D eigenvalue weighted by molar-refractivity contribution is 0.106. The number of aromatic nitrogens is 1. The Bertz CT molecular complexity index is 228. The fraction of sp³-hybridized carbons (Fsp3) is 0.375. The van der Waals surface area contributed by atoms with Crippen LogP contribution in [0.2, 0.25) is 0 Å². The van der Waals surface area contributed by atoms with Crippen molar-refractivity contribution in [3.63, 3.8) is 0 Å². The van der Waals surface area contributed by atoms with Crippen molar-refractivity contribution < 1.29 is 10.2 Å². The lowest BCUT2D eigenvalue weighted by Gasteiger charge is -2.15. The summed E-state index contributed by atoms with van der Waals surface area (Å²) in [7, 11) is 0. The van der Waals surface area contributed by atoms with E-state index in [0.29, 0.717) is 5.69 Å². The van der Waals surface area contributed by atoms with E-state index in [9.17, 15) is 5.11 Å². The molecule has 12 heavy (non-hydrogen) atoms. The number of rotatable bonds is 3. The molecule has 0 saturated heterocycles. The fourth-order valence-corrected chi connectivity index (χ4v) is 0.870. The van der Waals surface area contributed by atoms with Crippen molar-refractivity contribution in [1.82, 2.24) is 4.98 Å². The molecular formula is C8H12N2O2. The first-order chi connectivity index (χ1) is 5.75. The van der Waals surface area contributed by atoms with Gasteiger partial charge in [0.15, 0.2) is 0 Å². The van der Waals surface area contributed by atoms with E-state index in [1.165, 1.54) is 0 Å². The van der Waals surface area contributed by atoms with E-state index < -0.39 is 12.1 Å². The Hall–Kier alpha value is -0.970. The van der Waals surface area contributed by atoms with E-state index in [-0.39, 0.29) is 6.61 Å². The summed E-state index contributed by atoms with van der Waals surface area (Å²) in [5, 5.41) is 18.1. The average Bonchev–Trinajstić information content (AvgIpc) is 2.17. The molecule has 1 aromatic rings. The molecule has 4 N–H and O–H groups in total. The summed E-state index contributed by atoms with van der Waals surface area (Å²) >= 11 is 0. The second kappa shape index (κ2) is 4.15. The molecule has 66 valence electrons. The molecule has 2 atom stereocenters. The van der Waals surface area contributed by atoms with Crippen molar-refractivity contribution in [2.45, 2.75) is 12.1 Å². The zero-order valence-corrected chi connectivity index (χ0v) is 6.59. The Balaban J connectivity index is 2.71. The van der Waals surface area contributed by atoms with E-state index in [2.05, 4.69) is 4.98 Å². The third kappa shape index (κ3) is 2.01. The molecule has 0 aliphatic rings. The van der Waals surface area contributed by atoms with Crippen LogP contribution in [0.4, 0.5) is 0 Å². The molecule has 0 fully saturated rings. The lowest BCUT2D eigenvalue weighted by atomic mass is 10.1. The fourth-order valence-electron chi connectivity index (χ4n) is 0.870. The minimum atomic E-state index is -0.892. The number of pyridine rings is 1. The molecular weight excluding hydrogens is 156 g/mol. The molecule has 0 radical (unpaired) electrons. The number of hydrogen-bond donors (Lipinski definition) is 3. The molecule has 0 unspecified atom stereocenters. The molecule has 4 heteroatoms. The molecule has 0 amide bonds. The van der Waals surface area contributed by atoms with Gasteiger partial charge in [0.05, 0.1) is 18.3 Å². The Morgan fingerprint density at radius 1 is 1.50 bits per heavy atom. The Kier molecular flexibility index (Phi) is 3.16. The van der Waals surface area contributed by atoms with E-state index >= 15 is 0 Å². The van der Waals surface area contributed by atoms with Gasteiger partial charge in [-0.05, 0) is 12.1 Å². The highest BCUT2D eigenvalue weighted by molar-refractivity contribution is 5.08. The van der Waals surface area contributed by atoms with Crippen LogP contribution in [0.5, 0.6) is 0 Å². The standard InChI is InChI=1S/C8H12N2O2/c9-6(5-11)8(12)7-3-1-2-4-10-7/h1-4,6,8,11-12H,5,9H2/t6-,8+/m0/s1. The topological polar surface area (TPSA) is 79.4 Å². The van der Waals surface area contributed by atoms with Crippen molar-refractivity contribution >= 4 is 0 Å². The highest BCUT2D eigenvalue weighted by Gasteiger charge is 2.16. The first-order valence-electron chi connectivity index (χ1n) is 3.71. The van der Waals surface area contributed by atoms with Gasteiger partial charge in [-0.1, -0.05) is 6.07 Å². The first-order valence-corrected chi connectivity index (χ1v) is 3.71. The summed E-state index contributed by atoms with van der Waals surface area (Å²) in [6.07, 6.45) is 0.680. The smallest absolute Gasteiger partial charge is 0.113 e. The van der Waals surface area contributed by atoms with Gasteiger partial charge in [-0.3, -0.25) is 4.98 Å². The van der Waals surface area contributed by atoms with Gasteiger partial charge in [0, 0.05) is 6.20 Å². The van der Waals surface area contributed by atoms with E-state index in [4.69, 9.17) is 10.8 Å². The SMILES string of the molecule is N[C@@H](CO)[C@@H](O)c1ccccn1. The Morgan fingerprint density at radius 2 is 2.25 bits per heavy atom. The van der Waals surface area contributed by atoms with Gasteiger partial charge in [-0.25, -0.2) is 0 Å². The predicted octanol–water partition coefficient (Wildman–Crippen LogP) is -0.565. The molecule has 1 aromatic heterocycles. The molecule has 1 heterocycles. The summed E-state index contributed by atoms with van der Waals surface area (Å²) < 4.78 is 0. The quantitative estimate of drug-likeness (QED) is 0.565. The van der Waals surface area contributed by atoms with Crippen LogP contribution in [0.3, 0.4) is 0 Å². The van der Waals surface area contributed by atoms with Gasteiger partial charge < -0.3 is 15.9 Å². The number of aliphatic hydroxyl groups is 2. The number of hydrogen-bond acceptors (Lipinski definition) is 4. The highest BCUT2D eigenvalue weighted by Crippen LogP contribution is 2.11. The molecule has 0 spiro atoms. The third-order valence-corrected chi connectivity index (χ3v) is 1.61. The number of nitrogens with zero attached hydrogens (tertiary/aromatic N) is 1. The maximum Gasteiger partial charge on any atom is 0.113 e. The average molecular weight is 168 g/mol. The van der Waals surface area contributed by atoms with Gasteiger partial charge >= 0.3 is 0 Å². The van der Waals surface area contributed by atoms with Crippen LogP contribution in [0.25, 0.3) is 0 Å². The summed E-state index contributed by atoms with van der Waals surface area (Å²) in [5.74, 6) is 0. The van der Waals surface area contributed by atoms with Crippen LogP contribution in [-0.2, 0) is 0 Å². The number of nitrogens with two attached hydrogens (primary N) is 1.